The van der Waals surface area contributed by atoms with Gasteiger partial charge in [-0.3, -0.25) is 4.98 Å². The number of nitrogen functional groups attached to an aromatic ring is 1. The van der Waals surface area contributed by atoms with Gasteiger partial charge in [-0.15, -0.1) is 11.3 Å². The second-order valence-electron chi connectivity index (χ2n) is 3.23. The van der Waals surface area contributed by atoms with Crippen molar-refractivity contribution in [2.75, 3.05) is 5.73 Å². The van der Waals surface area contributed by atoms with Crippen LogP contribution in [0.15, 0.2) is 36.7 Å². The van der Waals surface area contributed by atoms with Crippen molar-refractivity contribution < 1.29 is 0 Å². The fourth-order valence-corrected chi connectivity index (χ4v) is 2.76. The number of benzene rings is 1. The summed E-state index contributed by atoms with van der Waals surface area (Å²) in [5.74, 6) is 0. The zero-order chi connectivity index (χ0) is 9.54. The van der Waals surface area contributed by atoms with Gasteiger partial charge in [0, 0.05) is 38.3 Å². The van der Waals surface area contributed by atoms with Gasteiger partial charge >= 0.3 is 0 Å². The summed E-state index contributed by atoms with van der Waals surface area (Å²) in [5, 5.41) is 2.46. The number of aromatic nitrogens is 1. The lowest BCUT2D eigenvalue weighted by atomic mass is 10.2. The quantitative estimate of drug-likeness (QED) is 0.566. The highest BCUT2D eigenvalue weighted by molar-refractivity contribution is 7.25. The third kappa shape index (κ3) is 0.992. The number of hydrogen-bond donors (Lipinski definition) is 1. The van der Waals surface area contributed by atoms with Crippen LogP contribution in [0.3, 0.4) is 0 Å². The highest BCUT2D eigenvalue weighted by atomic mass is 32.1. The van der Waals surface area contributed by atoms with E-state index in [-0.39, 0.29) is 0 Å². The molecular formula is C11H8N2S. The van der Waals surface area contributed by atoms with E-state index in [2.05, 4.69) is 11.1 Å². The van der Waals surface area contributed by atoms with Gasteiger partial charge in [-0.2, -0.15) is 0 Å². The predicted molar refractivity (Wildman–Crippen MR) is 61.5 cm³/mol. The molecule has 2 nitrogen and oxygen atoms in total. The van der Waals surface area contributed by atoms with Crippen LogP contribution in [0, 0.1) is 0 Å². The number of anilines is 1. The first kappa shape index (κ1) is 7.76. The third-order valence-corrected chi connectivity index (χ3v) is 3.43. The monoisotopic (exact) mass is 200 g/mol. The van der Waals surface area contributed by atoms with Gasteiger partial charge in [0.2, 0.25) is 0 Å². The zero-order valence-corrected chi connectivity index (χ0v) is 8.21. The molecule has 0 saturated heterocycles. The molecular weight excluding hydrogens is 192 g/mol. The Balaban J connectivity index is 2.57. The van der Waals surface area contributed by atoms with E-state index in [0.717, 1.165) is 5.69 Å². The predicted octanol–water partition coefficient (Wildman–Crippen LogP) is 3.03. The van der Waals surface area contributed by atoms with Gasteiger partial charge in [-0.25, -0.2) is 0 Å². The molecule has 0 radical (unpaired) electrons. The van der Waals surface area contributed by atoms with E-state index in [1.165, 1.54) is 20.2 Å². The Kier molecular flexibility index (Phi) is 1.49. The standard InChI is InChI=1S/C11H8N2S/c12-7-1-2-8-9-6-13-4-3-10(9)14-11(8)5-7/h1-6H,12H2. The number of nitrogens with two attached hydrogens (primary N) is 1. The van der Waals surface area contributed by atoms with Crippen LogP contribution in [-0.4, -0.2) is 4.98 Å². The summed E-state index contributed by atoms with van der Waals surface area (Å²) in [6.45, 7) is 0. The molecule has 2 N–H and O–H groups in total. The number of hydrogen-bond acceptors (Lipinski definition) is 3. The van der Waals surface area contributed by atoms with Gasteiger partial charge < -0.3 is 5.73 Å². The van der Waals surface area contributed by atoms with Crippen LogP contribution in [0.5, 0.6) is 0 Å². The van der Waals surface area contributed by atoms with Crippen molar-refractivity contribution in [2.45, 2.75) is 0 Å². The minimum Gasteiger partial charge on any atom is -0.399 e. The third-order valence-electron chi connectivity index (χ3n) is 2.30. The van der Waals surface area contributed by atoms with E-state index in [4.69, 9.17) is 5.73 Å². The molecule has 1 aromatic carbocycles. The minimum absolute atomic E-state index is 0.817. The Labute approximate surface area is 85.0 Å². The lowest BCUT2D eigenvalue weighted by Crippen LogP contribution is -1.81. The van der Waals surface area contributed by atoms with Gasteiger partial charge in [0.05, 0.1) is 0 Å². The molecule has 0 fully saturated rings. The molecule has 3 rings (SSSR count). The topological polar surface area (TPSA) is 38.9 Å². The van der Waals surface area contributed by atoms with Crippen molar-refractivity contribution in [1.82, 2.24) is 4.98 Å². The lowest BCUT2D eigenvalue weighted by molar-refractivity contribution is 1.37. The lowest BCUT2D eigenvalue weighted by Gasteiger charge is -1.92. The molecule has 0 saturated carbocycles. The van der Waals surface area contributed by atoms with Crippen molar-refractivity contribution in [1.29, 1.82) is 0 Å². The molecule has 3 heteroatoms. The maximum atomic E-state index is 5.74. The van der Waals surface area contributed by atoms with Crippen LogP contribution in [0.25, 0.3) is 20.2 Å². The average Bonchev–Trinajstić information content (AvgIpc) is 2.54. The van der Waals surface area contributed by atoms with Crippen molar-refractivity contribution in [3.8, 4) is 0 Å². The first-order chi connectivity index (χ1) is 6.84. The Morgan fingerprint density at radius 2 is 2.00 bits per heavy atom. The second kappa shape index (κ2) is 2.69. The molecule has 68 valence electrons. The summed E-state index contributed by atoms with van der Waals surface area (Å²) in [4.78, 5) is 4.13. The number of nitrogens with zero attached hydrogens (tertiary/aromatic N) is 1. The highest BCUT2D eigenvalue weighted by Crippen LogP contribution is 2.33. The molecule has 0 atom stereocenters. The van der Waals surface area contributed by atoms with Crippen LogP contribution >= 0.6 is 11.3 Å². The van der Waals surface area contributed by atoms with Gasteiger partial charge in [-0.05, 0) is 18.2 Å². The van der Waals surface area contributed by atoms with Crippen molar-refractivity contribution >= 4 is 37.2 Å². The first-order valence-corrected chi connectivity index (χ1v) is 5.18. The molecule has 2 aromatic heterocycles. The van der Waals surface area contributed by atoms with Crippen molar-refractivity contribution in [3.63, 3.8) is 0 Å². The summed E-state index contributed by atoms with van der Waals surface area (Å²) in [7, 11) is 0. The van der Waals surface area contributed by atoms with E-state index in [0.29, 0.717) is 0 Å². The maximum absolute atomic E-state index is 5.74. The summed E-state index contributed by atoms with van der Waals surface area (Å²) in [5.41, 5.74) is 6.55. The van der Waals surface area contributed by atoms with E-state index in [1.54, 1.807) is 11.3 Å². The Morgan fingerprint density at radius 1 is 1.07 bits per heavy atom. The number of pyridine rings is 1. The van der Waals surface area contributed by atoms with E-state index < -0.39 is 0 Å². The SMILES string of the molecule is Nc1ccc2c(c1)sc1ccncc12. The van der Waals surface area contributed by atoms with Gasteiger partial charge in [0.15, 0.2) is 0 Å². The molecule has 2 heterocycles. The molecule has 0 unspecified atom stereocenters. The Bertz CT molecular complexity index is 613. The minimum atomic E-state index is 0.817. The molecule has 0 bridgehead atoms. The van der Waals surface area contributed by atoms with Gasteiger partial charge in [0.25, 0.3) is 0 Å². The maximum Gasteiger partial charge on any atom is 0.0386 e. The summed E-state index contributed by atoms with van der Waals surface area (Å²) in [6.07, 6.45) is 3.73. The zero-order valence-electron chi connectivity index (χ0n) is 7.40. The van der Waals surface area contributed by atoms with Crippen LogP contribution in [0.1, 0.15) is 0 Å². The first-order valence-electron chi connectivity index (χ1n) is 4.36. The average molecular weight is 200 g/mol. The van der Waals surface area contributed by atoms with Crippen LogP contribution in [-0.2, 0) is 0 Å². The van der Waals surface area contributed by atoms with Gasteiger partial charge in [-0.1, -0.05) is 6.07 Å². The van der Waals surface area contributed by atoms with E-state index in [9.17, 15) is 0 Å². The largest absolute Gasteiger partial charge is 0.399 e. The highest BCUT2D eigenvalue weighted by Gasteiger charge is 2.03. The number of rotatable bonds is 0. The normalized spacial score (nSPS) is 11.1. The van der Waals surface area contributed by atoms with Crippen LogP contribution in [0.4, 0.5) is 5.69 Å². The van der Waals surface area contributed by atoms with Gasteiger partial charge in [0.1, 0.15) is 0 Å². The smallest absolute Gasteiger partial charge is 0.0386 e. The number of fused-ring (bicyclic) bond motifs is 3. The summed E-state index contributed by atoms with van der Waals surface area (Å²) >= 11 is 1.76. The summed E-state index contributed by atoms with van der Waals surface area (Å²) in [6, 6.07) is 8.04. The fraction of sp³-hybridized carbons (Fsp3) is 0. The Morgan fingerprint density at radius 3 is 2.93 bits per heavy atom. The van der Waals surface area contributed by atoms with E-state index >= 15 is 0 Å². The van der Waals surface area contributed by atoms with Crippen LogP contribution in [0.2, 0.25) is 0 Å². The molecule has 0 aliphatic rings. The van der Waals surface area contributed by atoms with Crippen molar-refractivity contribution in [3.05, 3.63) is 36.7 Å². The fourth-order valence-electron chi connectivity index (χ4n) is 1.64. The summed E-state index contributed by atoms with van der Waals surface area (Å²) < 4.78 is 2.49. The van der Waals surface area contributed by atoms with Crippen molar-refractivity contribution in [2.24, 2.45) is 0 Å². The molecule has 14 heavy (non-hydrogen) atoms. The second-order valence-corrected chi connectivity index (χ2v) is 4.31. The molecule has 0 aliphatic carbocycles. The molecule has 0 amide bonds. The molecule has 3 aromatic rings. The molecule has 0 aliphatic heterocycles. The number of thiophene rings is 1. The van der Waals surface area contributed by atoms with Crippen LogP contribution < -0.4 is 5.73 Å². The Hall–Kier alpha value is -1.61. The molecule has 0 spiro atoms. The van der Waals surface area contributed by atoms with E-state index in [1.807, 2.05) is 30.6 Å².